The van der Waals surface area contributed by atoms with Crippen LogP contribution in [0.3, 0.4) is 0 Å². The molecule has 1 aromatic carbocycles. The molecule has 0 radical (unpaired) electrons. The van der Waals surface area contributed by atoms with E-state index in [0.717, 1.165) is 18.4 Å². The maximum atomic E-state index is 12.6. The monoisotopic (exact) mass is 401 g/mol. The maximum absolute atomic E-state index is 12.6. The van der Waals surface area contributed by atoms with E-state index in [-0.39, 0.29) is 29.6 Å². The average Bonchev–Trinajstić information content (AvgIpc) is 3.17. The second-order valence-corrected chi connectivity index (χ2v) is 7.55. The first kappa shape index (κ1) is 20.1. The van der Waals surface area contributed by atoms with Crippen LogP contribution in [0.5, 0.6) is 0 Å². The number of nitrogens with zero attached hydrogens (tertiary/aromatic N) is 4. The van der Waals surface area contributed by atoms with Crippen LogP contribution in [0.2, 0.25) is 5.02 Å². The summed E-state index contributed by atoms with van der Waals surface area (Å²) in [7, 11) is 0. The fourth-order valence-corrected chi connectivity index (χ4v) is 3.34. The van der Waals surface area contributed by atoms with Crippen molar-refractivity contribution in [3.05, 3.63) is 52.8 Å². The highest BCUT2D eigenvalue weighted by atomic mass is 35.5. The highest BCUT2D eigenvalue weighted by molar-refractivity contribution is 6.32. The molecule has 7 nitrogen and oxygen atoms in total. The van der Waals surface area contributed by atoms with Crippen molar-refractivity contribution in [2.24, 2.45) is 0 Å². The zero-order chi connectivity index (χ0) is 20.1. The molecule has 3 rings (SSSR count). The topological polar surface area (TPSA) is 80.1 Å². The summed E-state index contributed by atoms with van der Waals surface area (Å²) < 4.78 is 1.69. The summed E-state index contributed by atoms with van der Waals surface area (Å²) in [6.07, 6.45) is 6.68. The molecule has 1 N–H and O–H groups in total. The quantitative estimate of drug-likeness (QED) is 0.781. The number of carbonyl (C=O) groups excluding carboxylic acids is 2. The average molecular weight is 402 g/mol. The Bertz CT molecular complexity index is 877. The number of benzene rings is 1. The number of nitrogens with one attached hydrogen (secondary N) is 1. The van der Waals surface area contributed by atoms with Crippen LogP contribution >= 0.6 is 11.6 Å². The van der Waals surface area contributed by atoms with Crippen molar-refractivity contribution in [1.82, 2.24) is 25.2 Å². The molecule has 1 aliphatic rings. The SMILES string of the molecule is CC(C)NC(=O)c1cn(C2CCCN(C(=O)/C=C/c3ccccc3Cl)C2)nn1. The van der Waals surface area contributed by atoms with Crippen LogP contribution in [0.4, 0.5) is 0 Å². The third-order valence-electron chi connectivity index (χ3n) is 4.56. The van der Waals surface area contributed by atoms with E-state index in [4.69, 9.17) is 11.6 Å². The molecule has 1 aromatic heterocycles. The van der Waals surface area contributed by atoms with Crippen LogP contribution in [0.15, 0.2) is 36.5 Å². The molecule has 1 saturated heterocycles. The van der Waals surface area contributed by atoms with Gasteiger partial charge in [0.1, 0.15) is 0 Å². The first-order valence-electron chi connectivity index (χ1n) is 9.38. The van der Waals surface area contributed by atoms with E-state index < -0.39 is 0 Å². The zero-order valence-electron chi connectivity index (χ0n) is 16.0. The Morgan fingerprint density at radius 1 is 1.32 bits per heavy atom. The summed E-state index contributed by atoms with van der Waals surface area (Å²) in [6, 6.07) is 7.42. The van der Waals surface area contributed by atoms with E-state index in [0.29, 0.717) is 18.1 Å². The predicted octanol–water partition coefficient (Wildman–Crippen LogP) is 2.95. The number of piperidine rings is 1. The van der Waals surface area contributed by atoms with E-state index in [1.54, 1.807) is 34.0 Å². The molecule has 1 atom stereocenters. The van der Waals surface area contributed by atoms with Gasteiger partial charge in [-0.25, -0.2) is 4.68 Å². The Balaban J connectivity index is 1.64. The second-order valence-electron chi connectivity index (χ2n) is 7.15. The van der Waals surface area contributed by atoms with Gasteiger partial charge in [-0.15, -0.1) is 5.10 Å². The molecule has 0 bridgehead atoms. The van der Waals surface area contributed by atoms with Crippen LogP contribution in [-0.4, -0.2) is 50.8 Å². The van der Waals surface area contributed by atoms with Crippen LogP contribution in [0.25, 0.3) is 6.08 Å². The van der Waals surface area contributed by atoms with Crippen molar-refractivity contribution >= 4 is 29.5 Å². The minimum absolute atomic E-state index is 0.000451. The van der Waals surface area contributed by atoms with Gasteiger partial charge in [0.15, 0.2) is 5.69 Å². The molecule has 0 spiro atoms. The second kappa shape index (κ2) is 9.01. The van der Waals surface area contributed by atoms with Crippen molar-refractivity contribution < 1.29 is 9.59 Å². The number of likely N-dealkylation sites (tertiary alicyclic amines) is 1. The summed E-state index contributed by atoms with van der Waals surface area (Å²) in [6.45, 7) is 5.00. The van der Waals surface area contributed by atoms with Crippen LogP contribution in [0, 0.1) is 0 Å². The van der Waals surface area contributed by atoms with Gasteiger partial charge in [-0.3, -0.25) is 9.59 Å². The predicted molar refractivity (Wildman–Crippen MR) is 108 cm³/mol. The molecule has 1 aliphatic heterocycles. The fraction of sp³-hybridized carbons (Fsp3) is 0.400. The first-order valence-corrected chi connectivity index (χ1v) is 9.76. The lowest BCUT2D eigenvalue weighted by Crippen LogP contribution is -2.40. The molecule has 28 heavy (non-hydrogen) atoms. The lowest BCUT2D eigenvalue weighted by atomic mass is 10.1. The van der Waals surface area contributed by atoms with Crippen LogP contribution in [0.1, 0.15) is 48.8 Å². The Morgan fingerprint density at radius 2 is 2.11 bits per heavy atom. The molecule has 1 fully saturated rings. The van der Waals surface area contributed by atoms with Gasteiger partial charge in [-0.2, -0.15) is 0 Å². The van der Waals surface area contributed by atoms with Crippen LogP contribution < -0.4 is 5.32 Å². The van der Waals surface area contributed by atoms with Gasteiger partial charge in [0.05, 0.1) is 12.2 Å². The lowest BCUT2D eigenvalue weighted by Gasteiger charge is -2.31. The van der Waals surface area contributed by atoms with Crippen LogP contribution in [-0.2, 0) is 4.79 Å². The van der Waals surface area contributed by atoms with Gasteiger partial charge in [0, 0.05) is 30.2 Å². The minimum Gasteiger partial charge on any atom is -0.348 e. The van der Waals surface area contributed by atoms with Gasteiger partial charge in [0.25, 0.3) is 5.91 Å². The molecule has 1 unspecified atom stereocenters. The maximum Gasteiger partial charge on any atom is 0.273 e. The number of rotatable bonds is 5. The number of aromatic nitrogens is 3. The smallest absolute Gasteiger partial charge is 0.273 e. The normalized spacial score (nSPS) is 17.3. The van der Waals surface area contributed by atoms with Crippen molar-refractivity contribution in [1.29, 1.82) is 0 Å². The molecule has 148 valence electrons. The Labute approximate surface area is 169 Å². The van der Waals surface area contributed by atoms with Gasteiger partial charge in [-0.1, -0.05) is 35.0 Å². The molecule has 2 heterocycles. The number of halogens is 1. The van der Waals surface area contributed by atoms with Gasteiger partial charge in [0.2, 0.25) is 5.91 Å². The molecule has 2 amide bonds. The standard InChI is InChI=1S/C20H24ClN5O2/c1-14(2)22-20(28)18-13-26(24-23-18)16-7-5-11-25(12-16)19(27)10-9-15-6-3-4-8-17(15)21/h3-4,6,8-10,13-14,16H,5,7,11-12H2,1-2H3,(H,22,28)/b10-9+. The highest BCUT2D eigenvalue weighted by Gasteiger charge is 2.25. The molecule has 0 saturated carbocycles. The zero-order valence-corrected chi connectivity index (χ0v) is 16.8. The summed E-state index contributed by atoms with van der Waals surface area (Å²) in [5, 5.41) is 11.5. The number of amides is 2. The minimum atomic E-state index is -0.243. The number of carbonyl (C=O) groups is 2. The van der Waals surface area contributed by atoms with E-state index >= 15 is 0 Å². The van der Waals surface area contributed by atoms with Crippen molar-refractivity contribution in [2.45, 2.75) is 38.8 Å². The number of hydrogen-bond donors (Lipinski definition) is 1. The Hall–Kier alpha value is -2.67. The third-order valence-corrected chi connectivity index (χ3v) is 4.90. The van der Waals surface area contributed by atoms with Crippen molar-refractivity contribution in [2.75, 3.05) is 13.1 Å². The lowest BCUT2D eigenvalue weighted by molar-refractivity contribution is -0.127. The largest absolute Gasteiger partial charge is 0.348 e. The first-order chi connectivity index (χ1) is 13.4. The highest BCUT2D eigenvalue weighted by Crippen LogP contribution is 2.22. The molecule has 2 aromatic rings. The summed E-state index contributed by atoms with van der Waals surface area (Å²) in [5.74, 6) is -0.310. The molecule has 8 heteroatoms. The molecule has 0 aliphatic carbocycles. The Kier molecular flexibility index (Phi) is 6.46. The number of hydrogen-bond acceptors (Lipinski definition) is 4. The van der Waals surface area contributed by atoms with Crippen molar-refractivity contribution in [3.8, 4) is 0 Å². The van der Waals surface area contributed by atoms with E-state index in [1.165, 1.54) is 0 Å². The van der Waals surface area contributed by atoms with Gasteiger partial charge < -0.3 is 10.2 Å². The molecular weight excluding hydrogens is 378 g/mol. The Morgan fingerprint density at radius 3 is 2.86 bits per heavy atom. The fourth-order valence-electron chi connectivity index (χ4n) is 3.14. The third kappa shape index (κ3) is 4.98. The summed E-state index contributed by atoms with van der Waals surface area (Å²) in [5.41, 5.74) is 1.10. The summed E-state index contributed by atoms with van der Waals surface area (Å²) >= 11 is 6.13. The van der Waals surface area contributed by atoms with Gasteiger partial charge in [-0.05, 0) is 44.4 Å². The van der Waals surface area contributed by atoms with Gasteiger partial charge >= 0.3 is 0 Å². The van der Waals surface area contributed by atoms with E-state index in [2.05, 4.69) is 15.6 Å². The van der Waals surface area contributed by atoms with E-state index in [9.17, 15) is 9.59 Å². The molecular formula is C20H24ClN5O2. The van der Waals surface area contributed by atoms with Crippen molar-refractivity contribution in [3.63, 3.8) is 0 Å². The van der Waals surface area contributed by atoms with E-state index in [1.807, 2.05) is 32.0 Å². The summed E-state index contributed by atoms with van der Waals surface area (Å²) in [4.78, 5) is 26.4.